The molecule has 0 amide bonds. The largest absolute Gasteiger partial charge is 0.454 e. The van der Waals surface area contributed by atoms with Crippen LogP contribution in [0.25, 0.3) is 12.2 Å². The molecule has 0 unspecified atom stereocenters. The molecule has 0 radical (unpaired) electrons. The fourth-order valence-electron chi connectivity index (χ4n) is 1.82. The van der Waals surface area contributed by atoms with Crippen molar-refractivity contribution in [3.8, 4) is 17.2 Å². The van der Waals surface area contributed by atoms with Crippen LogP contribution in [0.15, 0.2) is 39.5 Å². The summed E-state index contributed by atoms with van der Waals surface area (Å²) in [6.07, 6.45) is 3.42. The lowest BCUT2D eigenvalue weighted by Gasteiger charge is -1.99. The van der Waals surface area contributed by atoms with E-state index >= 15 is 0 Å². The summed E-state index contributed by atoms with van der Waals surface area (Å²) >= 11 is 0. The van der Waals surface area contributed by atoms with Crippen molar-refractivity contribution in [3.05, 3.63) is 52.1 Å². The SMILES string of the molecule is NOc1cc(/C=C/c2ccc3c(c2)OCO3)oc(=O)c1. The van der Waals surface area contributed by atoms with Gasteiger partial charge >= 0.3 is 5.63 Å². The molecule has 102 valence electrons. The minimum absolute atomic E-state index is 0.229. The molecule has 3 rings (SSSR count). The quantitative estimate of drug-likeness (QED) is 0.858. The van der Waals surface area contributed by atoms with Crippen molar-refractivity contribution in [1.82, 2.24) is 0 Å². The van der Waals surface area contributed by atoms with Crippen LogP contribution in [0.5, 0.6) is 17.2 Å². The number of ether oxygens (including phenoxy) is 2. The zero-order valence-electron chi connectivity index (χ0n) is 10.4. The van der Waals surface area contributed by atoms with Gasteiger partial charge in [0.2, 0.25) is 6.79 Å². The van der Waals surface area contributed by atoms with Gasteiger partial charge < -0.3 is 18.7 Å². The van der Waals surface area contributed by atoms with Gasteiger partial charge in [0.15, 0.2) is 17.2 Å². The standard InChI is InChI=1S/C14H11NO5/c15-20-11-6-10(19-14(16)7-11)3-1-9-2-4-12-13(5-9)18-8-17-12/h1-7H,8,15H2/b3-1+. The van der Waals surface area contributed by atoms with E-state index in [-0.39, 0.29) is 12.5 Å². The summed E-state index contributed by atoms with van der Waals surface area (Å²) < 4.78 is 15.5. The smallest absolute Gasteiger partial charge is 0.340 e. The summed E-state index contributed by atoms with van der Waals surface area (Å²) in [4.78, 5) is 15.8. The van der Waals surface area contributed by atoms with Gasteiger partial charge in [0.25, 0.3) is 0 Å². The molecule has 6 nitrogen and oxygen atoms in total. The van der Waals surface area contributed by atoms with Gasteiger partial charge in [0, 0.05) is 6.07 Å². The molecule has 6 heteroatoms. The summed E-state index contributed by atoms with van der Waals surface area (Å²) in [5.74, 6) is 7.01. The highest BCUT2D eigenvalue weighted by molar-refractivity contribution is 5.69. The van der Waals surface area contributed by atoms with E-state index in [9.17, 15) is 4.79 Å². The average Bonchev–Trinajstić information content (AvgIpc) is 2.92. The molecule has 0 saturated carbocycles. The van der Waals surface area contributed by atoms with Gasteiger partial charge in [-0.1, -0.05) is 12.1 Å². The molecule has 0 fully saturated rings. The molecule has 0 bridgehead atoms. The monoisotopic (exact) mass is 273 g/mol. The molecule has 2 heterocycles. The van der Waals surface area contributed by atoms with Crippen LogP contribution < -0.4 is 25.8 Å². The van der Waals surface area contributed by atoms with Crippen LogP contribution in [0.3, 0.4) is 0 Å². The lowest BCUT2D eigenvalue weighted by atomic mass is 10.2. The Balaban J connectivity index is 1.87. The van der Waals surface area contributed by atoms with E-state index in [2.05, 4.69) is 4.84 Å². The fourth-order valence-corrected chi connectivity index (χ4v) is 1.82. The molecule has 0 spiro atoms. The van der Waals surface area contributed by atoms with E-state index in [1.54, 1.807) is 12.2 Å². The van der Waals surface area contributed by atoms with Crippen LogP contribution in [-0.4, -0.2) is 6.79 Å². The Bertz CT molecular complexity index is 720. The van der Waals surface area contributed by atoms with Crippen LogP contribution in [0.4, 0.5) is 0 Å². The van der Waals surface area contributed by atoms with E-state index in [1.165, 1.54) is 6.07 Å². The Morgan fingerprint density at radius 1 is 1.10 bits per heavy atom. The van der Waals surface area contributed by atoms with Crippen LogP contribution >= 0.6 is 0 Å². The van der Waals surface area contributed by atoms with E-state index in [0.29, 0.717) is 17.3 Å². The number of nitrogens with two attached hydrogens (primary N) is 1. The molecule has 0 saturated heterocycles. The lowest BCUT2D eigenvalue weighted by Crippen LogP contribution is -2.06. The Morgan fingerprint density at radius 3 is 2.80 bits per heavy atom. The number of benzene rings is 1. The van der Waals surface area contributed by atoms with Gasteiger partial charge in [-0.3, -0.25) is 0 Å². The summed E-state index contributed by atoms with van der Waals surface area (Å²) in [7, 11) is 0. The van der Waals surface area contributed by atoms with Gasteiger partial charge in [0.1, 0.15) is 5.76 Å². The molecular weight excluding hydrogens is 262 g/mol. The molecule has 1 aromatic carbocycles. The van der Waals surface area contributed by atoms with Crippen molar-refractivity contribution in [3.63, 3.8) is 0 Å². The van der Waals surface area contributed by atoms with E-state index in [1.807, 2.05) is 18.2 Å². The molecule has 0 aliphatic carbocycles. The second-order valence-electron chi connectivity index (χ2n) is 4.08. The molecule has 1 aliphatic heterocycles. The topological polar surface area (TPSA) is 83.9 Å². The normalized spacial score (nSPS) is 12.8. The Morgan fingerprint density at radius 2 is 1.95 bits per heavy atom. The van der Waals surface area contributed by atoms with Crippen molar-refractivity contribution in [2.75, 3.05) is 6.79 Å². The number of fused-ring (bicyclic) bond motifs is 1. The average molecular weight is 273 g/mol. The Kier molecular flexibility index (Phi) is 3.14. The number of rotatable bonds is 3. The van der Waals surface area contributed by atoms with Crippen molar-refractivity contribution >= 4 is 12.2 Å². The number of hydrogen-bond donors (Lipinski definition) is 1. The molecule has 2 N–H and O–H groups in total. The second kappa shape index (κ2) is 5.10. The maximum absolute atomic E-state index is 11.3. The maximum atomic E-state index is 11.3. The third kappa shape index (κ3) is 2.50. The Labute approximate surface area is 113 Å². The van der Waals surface area contributed by atoms with E-state index in [4.69, 9.17) is 19.8 Å². The highest BCUT2D eigenvalue weighted by Crippen LogP contribution is 2.32. The Hall–Kier alpha value is -2.73. The summed E-state index contributed by atoms with van der Waals surface area (Å²) in [5, 5.41) is 0. The van der Waals surface area contributed by atoms with Crippen molar-refractivity contribution < 1.29 is 18.7 Å². The summed E-state index contributed by atoms with van der Waals surface area (Å²) in [6, 6.07) is 8.20. The van der Waals surface area contributed by atoms with Gasteiger partial charge in [0.05, 0.1) is 6.07 Å². The zero-order valence-corrected chi connectivity index (χ0v) is 10.4. The van der Waals surface area contributed by atoms with Crippen molar-refractivity contribution in [1.29, 1.82) is 0 Å². The third-order valence-electron chi connectivity index (χ3n) is 2.74. The first-order valence-corrected chi connectivity index (χ1v) is 5.84. The van der Waals surface area contributed by atoms with Crippen molar-refractivity contribution in [2.24, 2.45) is 5.90 Å². The summed E-state index contributed by atoms with van der Waals surface area (Å²) in [5.41, 5.74) is 0.356. The first kappa shape index (κ1) is 12.3. The molecule has 20 heavy (non-hydrogen) atoms. The van der Waals surface area contributed by atoms with Gasteiger partial charge in [-0.15, -0.1) is 0 Å². The third-order valence-corrected chi connectivity index (χ3v) is 2.74. The van der Waals surface area contributed by atoms with Crippen LogP contribution in [0.1, 0.15) is 11.3 Å². The fraction of sp³-hybridized carbons (Fsp3) is 0.0714. The second-order valence-corrected chi connectivity index (χ2v) is 4.08. The predicted molar refractivity (Wildman–Crippen MR) is 71.3 cm³/mol. The minimum atomic E-state index is -0.529. The number of hydrogen-bond acceptors (Lipinski definition) is 6. The van der Waals surface area contributed by atoms with Crippen LogP contribution in [0, 0.1) is 0 Å². The van der Waals surface area contributed by atoms with Crippen LogP contribution in [0.2, 0.25) is 0 Å². The first-order valence-electron chi connectivity index (χ1n) is 5.84. The van der Waals surface area contributed by atoms with Crippen molar-refractivity contribution in [2.45, 2.75) is 0 Å². The molecular formula is C14H11NO5. The predicted octanol–water partition coefficient (Wildman–Crippen LogP) is 1.79. The molecule has 1 aromatic heterocycles. The maximum Gasteiger partial charge on any atom is 0.340 e. The van der Waals surface area contributed by atoms with E-state index in [0.717, 1.165) is 11.6 Å². The van der Waals surface area contributed by atoms with Gasteiger partial charge in [-0.05, 0) is 23.8 Å². The minimum Gasteiger partial charge on any atom is -0.454 e. The van der Waals surface area contributed by atoms with E-state index < -0.39 is 5.63 Å². The van der Waals surface area contributed by atoms with Crippen LogP contribution in [-0.2, 0) is 0 Å². The zero-order chi connectivity index (χ0) is 13.9. The molecule has 0 atom stereocenters. The highest BCUT2D eigenvalue weighted by atomic mass is 16.7. The lowest BCUT2D eigenvalue weighted by molar-refractivity contribution is 0.174. The highest BCUT2D eigenvalue weighted by Gasteiger charge is 2.12. The molecule has 2 aromatic rings. The van der Waals surface area contributed by atoms with Gasteiger partial charge in [-0.25, -0.2) is 4.79 Å². The summed E-state index contributed by atoms with van der Waals surface area (Å²) in [6.45, 7) is 0.229. The molecule has 1 aliphatic rings. The first-order chi connectivity index (χ1) is 9.74. The van der Waals surface area contributed by atoms with Gasteiger partial charge in [-0.2, -0.15) is 5.90 Å².